The van der Waals surface area contributed by atoms with Crippen LogP contribution in [0.5, 0.6) is 17.2 Å². The van der Waals surface area contributed by atoms with Gasteiger partial charge in [0.1, 0.15) is 90.5 Å². The second-order valence-electron chi connectivity index (χ2n) is 18.5. The molecule has 6 rings (SSSR count). The van der Waals surface area contributed by atoms with Gasteiger partial charge in [-0.2, -0.15) is 0 Å². The van der Waals surface area contributed by atoms with Crippen molar-refractivity contribution in [1.29, 1.82) is 0 Å². The molecule has 3 aromatic carbocycles. The van der Waals surface area contributed by atoms with Crippen LogP contribution in [0.3, 0.4) is 0 Å². The lowest BCUT2D eigenvalue weighted by Gasteiger charge is -2.40. The highest BCUT2D eigenvalue weighted by atomic mass is 16.7. The fourth-order valence-electron chi connectivity index (χ4n) is 8.49. The Balaban J connectivity index is 1.10. The first kappa shape index (κ1) is 60.8. The maximum Gasteiger partial charge on any atom is 0.269 e. The van der Waals surface area contributed by atoms with Crippen LogP contribution in [-0.2, 0) is 28.6 Å². The normalized spacial score (nSPS) is 28.8. The summed E-state index contributed by atoms with van der Waals surface area (Å²) < 4.78 is 33.4. The van der Waals surface area contributed by atoms with Crippen LogP contribution in [0.4, 0.5) is 17.1 Å². The monoisotopic (exact) mass is 1120 g/mol. The van der Waals surface area contributed by atoms with Crippen molar-refractivity contribution < 1.29 is 108 Å². The summed E-state index contributed by atoms with van der Waals surface area (Å²) in [7, 11) is 0. The lowest BCUT2D eigenvalue weighted by molar-refractivity contribution is -0.573. The molecule has 0 aromatic heterocycles. The van der Waals surface area contributed by atoms with E-state index in [-0.39, 0.29) is 34.3 Å². The number of nitro benzene ring substituents is 3. The highest BCUT2D eigenvalue weighted by Gasteiger charge is 2.49. The summed E-state index contributed by atoms with van der Waals surface area (Å²) in [5, 5.41) is 149. The summed E-state index contributed by atoms with van der Waals surface area (Å²) in [6.07, 6.45) is -30.2. The molecule has 0 bridgehead atoms. The van der Waals surface area contributed by atoms with Crippen LogP contribution in [-0.4, -0.2) is 201 Å². The molecule has 79 heavy (non-hydrogen) atoms. The van der Waals surface area contributed by atoms with Gasteiger partial charge in [0, 0.05) is 99.5 Å². The number of nitrogens with one attached hydrogen (secondary N) is 3. The summed E-state index contributed by atoms with van der Waals surface area (Å²) in [6, 6.07) is 13.6. The van der Waals surface area contributed by atoms with Crippen molar-refractivity contribution in [2.24, 2.45) is 0 Å². The van der Waals surface area contributed by atoms with Gasteiger partial charge in [0.2, 0.25) is 42.1 Å². The second-order valence-corrected chi connectivity index (χ2v) is 18.5. The summed E-state index contributed by atoms with van der Waals surface area (Å²) in [5.41, 5.74) is -3.15. The van der Waals surface area contributed by atoms with Crippen molar-refractivity contribution in [2.75, 3.05) is 19.6 Å². The number of nitro groups is 4. The zero-order valence-corrected chi connectivity index (χ0v) is 41.2. The van der Waals surface area contributed by atoms with E-state index in [1.165, 1.54) is 36.4 Å². The van der Waals surface area contributed by atoms with E-state index in [0.29, 0.717) is 0 Å². The van der Waals surface area contributed by atoms with Gasteiger partial charge in [0.25, 0.3) is 17.1 Å². The maximum absolute atomic E-state index is 13.4. The molecular formula is C46H57N7O26. The van der Waals surface area contributed by atoms with Gasteiger partial charge in [-0.1, -0.05) is 0 Å². The highest BCUT2D eigenvalue weighted by molar-refractivity contribution is 5.77. The average Bonchev–Trinajstić information content (AvgIpc) is 3.48. The zero-order valence-electron chi connectivity index (χ0n) is 41.2. The SMILES string of the molecule is O=C(CCC(CCC(=O)NC[C@H]1O[C@H](Oc2ccc([N+](=O)[O-])cc2)[C@@H](O)[C@@H](O)[C@@H]1O)(CCC(=O)NC[C@H]1O[C@H](Oc2ccc([N+](=O)[O-])cc2)[C@@H](O)[C@@H](O)[C@@H]1O)[N+](=O)[O-])NC[C@H]1O[C@H](Oc2ccc([N+](=O)[O-])cc2)[C@@H](O)[C@@H](O)[C@@H]1O. The Kier molecular flexibility index (Phi) is 20.8. The van der Waals surface area contributed by atoms with E-state index >= 15 is 0 Å². The predicted molar refractivity (Wildman–Crippen MR) is 258 cm³/mol. The van der Waals surface area contributed by atoms with Crippen LogP contribution in [0.1, 0.15) is 38.5 Å². The molecule has 0 radical (unpaired) electrons. The lowest BCUT2D eigenvalue weighted by Crippen LogP contribution is -2.61. The zero-order chi connectivity index (χ0) is 57.9. The predicted octanol–water partition coefficient (Wildman–Crippen LogP) is -2.92. The number of aliphatic hydroxyl groups excluding tert-OH is 9. The Bertz CT molecular complexity index is 2330. The number of aliphatic hydroxyl groups is 9. The molecule has 3 saturated heterocycles. The first-order valence-corrected chi connectivity index (χ1v) is 24.1. The Labute approximate surface area is 444 Å². The topological polar surface area (TPSA) is 497 Å². The number of nitrogens with zero attached hydrogens (tertiary/aromatic N) is 4. The number of carbonyl (C=O) groups excluding carboxylic acids is 3. The van der Waals surface area contributed by atoms with Gasteiger partial charge < -0.3 is 90.3 Å². The molecule has 3 aliphatic heterocycles. The molecule has 0 aliphatic carbocycles. The smallest absolute Gasteiger partial charge is 0.269 e. The van der Waals surface area contributed by atoms with Gasteiger partial charge in [-0.15, -0.1) is 0 Å². The molecule has 12 N–H and O–H groups in total. The van der Waals surface area contributed by atoms with Crippen LogP contribution < -0.4 is 30.2 Å². The Morgan fingerprint density at radius 3 is 0.873 bits per heavy atom. The van der Waals surface area contributed by atoms with Crippen molar-refractivity contribution in [3.63, 3.8) is 0 Å². The molecule has 0 spiro atoms. The molecule has 3 heterocycles. The molecule has 0 saturated carbocycles. The number of ether oxygens (including phenoxy) is 6. The van der Waals surface area contributed by atoms with E-state index in [0.717, 1.165) is 36.4 Å². The van der Waals surface area contributed by atoms with Crippen molar-refractivity contribution in [3.8, 4) is 17.2 Å². The van der Waals surface area contributed by atoms with Crippen LogP contribution >= 0.6 is 0 Å². The number of carbonyl (C=O) groups is 3. The van der Waals surface area contributed by atoms with E-state index in [1.807, 2.05) is 0 Å². The number of benzene rings is 3. The average molecular weight is 1120 g/mol. The molecule has 3 amide bonds. The largest absolute Gasteiger partial charge is 0.462 e. The number of hydrogen-bond donors (Lipinski definition) is 12. The number of hydrogen-bond acceptors (Lipinski definition) is 26. The van der Waals surface area contributed by atoms with Gasteiger partial charge in [-0.3, -0.25) is 54.8 Å². The fourth-order valence-corrected chi connectivity index (χ4v) is 8.49. The molecule has 33 nitrogen and oxygen atoms in total. The summed E-state index contributed by atoms with van der Waals surface area (Å²) >= 11 is 0. The highest BCUT2D eigenvalue weighted by Crippen LogP contribution is 2.32. The van der Waals surface area contributed by atoms with Crippen LogP contribution in [0, 0.1) is 40.5 Å². The number of non-ortho nitro benzene ring substituents is 3. The standard InChI is InChI=1S/C46H57N7O26/c54-31(47-19-28-34(57)37(60)40(63)43(77-28)74-25-7-1-22(2-8-25)50(66)67)13-16-46(53(72)73,17-14-32(55)48-20-29-35(58)38(61)41(64)44(78-29)75-26-9-3-23(4-10-26)51(68)69)18-15-33(56)49-21-30-36(59)39(62)42(65)45(79-30)76-27-11-5-24(6-12-27)52(70)71/h1-12,28-30,34-45,57-65H,13-21H2,(H,47,54)(H,48,55)(H,49,56)/t28-,29-,30-,34-,35-,36-,37+,38+,39+,40+,41+,42+,43+,44+,45+/m1/s1. The number of rotatable bonds is 25. The maximum atomic E-state index is 13.4. The fraction of sp³-hybridized carbons (Fsp3) is 0.543. The third kappa shape index (κ3) is 15.7. The molecule has 0 unspecified atom stereocenters. The van der Waals surface area contributed by atoms with Gasteiger partial charge in [-0.05, 0) is 36.4 Å². The minimum atomic E-state index is -2.27. The molecule has 3 aromatic rings. The Morgan fingerprint density at radius 1 is 0.418 bits per heavy atom. The lowest BCUT2D eigenvalue weighted by atomic mass is 9.84. The van der Waals surface area contributed by atoms with E-state index in [4.69, 9.17) is 28.4 Å². The summed E-state index contributed by atoms with van der Waals surface area (Å²) in [6.45, 7) is -1.75. The summed E-state index contributed by atoms with van der Waals surface area (Å²) in [5.74, 6) is -2.86. The molecule has 33 heteroatoms. The summed E-state index contributed by atoms with van der Waals surface area (Å²) in [4.78, 5) is 83.5. The minimum Gasteiger partial charge on any atom is -0.462 e. The van der Waals surface area contributed by atoms with E-state index in [9.17, 15) is 101 Å². The quantitative estimate of drug-likeness (QED) is 0.0299. The third-order valence-electron chi connectivity index (χ3n) is 13.2. The van der Waals surface area contributed by atoms with Crippen molar-refractivity contribution in [2.45, 2.75) is 136 Å². The van der Waals surface area contributed by atoms with E-state index < -0.39 is 193 Å². The molecular weight excluding hydrogens is 1070 g/mol. The second kappa shape index (κ2) is 27.0. The van der Waals surface area contributed by atoms with Crippen molar-refractivity contribution >= 4 is 34.8 Å². The number of amides is 3. The minimum absolute atomic E-state index is 0.0447. The Hall–Kier alpha value is -7.41. The van der Waals surface area contributed by atoms with Crippen LogP contribution in [0.15, 0.2) is 72.8 Å². The first-order valence-electron chi connectivity index (χ1n) is 24.1. The van der Waals surface area contributed by atoms with Crippen molar-refractivity contribution in [3.05, 3.63) is 113 Å². The van der Waals surface area contributed by atoms with E-state index in [2.05, 4.69) is 16.0 Å². The van der Waals surface area contributed by atoms with Gasteiger partial charge in [0.05, 0.1) is 14.8 Å². The Morgan fingerprint density at radius 2 is 0.658 bits per heavy atom. The molecule has 432 valence electrons. The van der Waals surface area contributed by atoms with E-state index in [1.54, 1.807) is 0 Å². The third-order valence-corrected chi connectivity index (χ3v) is 13.2. The molecule has 3 aliphatic rings. The first-order chi connectivity index (χ1) is 37.4. The van der Waals surface area contributed by atoms with Gasteiger partial charge >= 0.3 is 0 Å². The molecule has 3 fully saturated rings. The molecule has 15 atom stereocenters. The van der Waals surface area contributed by atoms with Crippen LogP contribution in [0.25, 0.3) is 0 Å². The van der Waals surface area contributed by atoms with Crippen LogP contribution in [0.2, 0.25) is 0 Å². The van der Waals surface area contributed by atoms with Gasteiger partial charge in [0.15, 0.2) is 0 Å². The van der Waals surface area contributed by atoms with Gasteiger partial charge in [-0.25, -0.2) is 0 Å². The van der Waals surface area contributed by atoms with Crippen molar-refractivity contribution in [1.82, 2.24) is 16.0 Å².